The number of aromatic nitrogens is 3. The zero-order chi connectivity index (χ0) is 18.8. The van der Waals surface area contributed by atoms with Gasteiger partial charge in [-0.05, 0) is 36.8 Å². The number of pyridine rings is 1. The fraction of sp³-hybridized carbons (Fsp3) is 0.250. The Bertz CT molecular complexity index is 1000. The molecule has 4 rings (SSSR count). The van der Waals surface area contributed by atoms with E-state index >= 15 is 0 Å². The SMILES string of the molecule is Cn1c(N2CC[C@H](Nc3cccc(F)c3)C2)nc(-c2ccncc2)cc1=O. The van der Waals surface area contributed by atoms with Gasteiger partial charge >= 0.3 is 0 Å². The molecule has 6 nitrogen and oxygen atoms in total. The Morgan fingerprint density at radius 1 is 1.19 bits per heavy atom. The molecule has 3 heterocycles. The van der Waals surface area contributed by atoms with Crippen LogP contribution >= 0.6 is 0 Å². The maximum Gasteiger partial charge on any atom is 0.255 e. The summed E-state index contributed by atoms with van der Waals surface area (Å²) < 4.78 is 14.9. The summed E-state index contributed by atoms with van der Waals surface area (Å²) in [6.07, 6.45) is 4.25. The average Bonchev–Trinajstić information content (AvgIpc) is 3.13. The van der Waals surface area contributed by atoms with Crippen LogP contribution in [0, 0.1) is 5.82 Å². The molecule has 0 radical (unpaired) electrons. The van der Waals surface area contributed by atoms with Crippen molar-refractivity contribution in [3.05, 3.63) is 71.0 Å². The second-order valence-electron chi connectivity index (χ2n) is 6.66. The van der Waals surface area contributed by atoms with Crippen LogP contribution in [0.15, 0.2) is 59.7 Å². The summed E-state index contributed by atoms with van der Waals surface area (Å²) in [4.78, 5) is 23.2. The Balaban J connectivity index is 1.57. The van der Waals surface area contributed by atoms with Gasteiger partial charge in [-0.2, -0.15) is 0 Å². The van der Waals surface area contributed by atoms with Gasteiger partial charge in [0.15, 0.2) is 0 Å². The minimum absolute atomic E-state index is 0.103. The summed E-state index contributed by atoms with van der Waals surface area (Å²) in [7, 11) is 1.73. The molecule has 1 N–H and O–H groups in total. The highest BCUT2D eigenvalue weighted by Crippen LogP contribution is 2.23. The fourth-order valence-corrected chi connectivity index (χ4v) is 3.35. The Morgan fingerprint density at radius 3 is 2.78 bits per heavy atom. The van der Waals surface area contributed by atoms with Crippen molar-refractivity contribution in [3.8, 4) is 11.3 Å². The van der Waals surface area contributed by atoms with Crippen molar-refractivity contribution in [2.45, 2.75) is 12.5 Å². The number of nitrogens with zero attached hydrogens (tertiary/aromatic N) is 4. The summed E-state index contributed by atoms with van der Waals surface area (Å²) >= 11 is 0. The van der Waals surface area contributed by atoms with Gasteiger partial charge < -0.3 is 10.2 Å². The number of nitrogens with one attached hydrogen (secondary N) is 1. The van der Waals surface area contributed by atoms with Crippen LogP contribution in [-0.4, -0.2) is 33.7 Å². The van der Waals surface area contributed by atoms with Gasteiger partial charge in [-0.25, -0.2) is 9.37 Å². The quantitative estimate of drug-likeness (QED) is 0.770. The van der Waals surface area contributed by atoms with Crippen LogP contribution in [0.2, 0.25) is 0 Å². The van der Waals surface area contributed by atoms with Crippen molar-refractivity contribution in [1.82, 2.24) is 14.5 Å². The summed E-state index contributed by atoms with van der Waals surface area (Å²) in [5.41, 5.74) is 2.15. The van der Waals surface area contributed by atoms with Gasteiger partial charge in [-0.15, -0.1) is 0 Å². The summed E-state index contributed by atoms with van der Waals surface area (Å²) in [6.45, 7) is 1.46. The van der Waals surface area contributed by atoms with E-state index in [1.165, 1.54) is 18.2 Å². The highest BCUT2D eigenvalue weighted by Gasteiger charge is 2.25. The van der Waals surface area contributed by atoms with Gasteiger partial charge in [0.05, 0.1) is 5.69 Å². The third kappa shape index (κ3) is 3.67. The molecule has 0 aliphatic carbocycles. The maximum absolute atomic E-state index is 13.4. The number of hydrogen-bond donors (Lipinski definition) is 1. The van der Waals surface area contributed by atoms with E-state index < -0.39 is 0 Å². The normalized spacial score (nSPS) is 16.5. The van der Waals surface area contributed by atoms with Crippen molar-refractivity contribution >= 4 is 11.6 Å². The van der Waals surface area contributed by atoms with Crippen LogP contribution in [-0.2, 0) is 7.05 Å². The molecule has 2 aromatic heterocycles. The number of halogens is 1. The monoisotopic (exact) mass is 365 g/mol. The van der Waals surface area contributed by atoms with Crippen molar-refractivity contribution in [2.24, 2.45) is 7.05 Å². The molecule has 0 bridgehead atoms. The number of rotatable bonds is 4. The highest BCUT2D eigenvalue weighted by molar-refractivity contribution is 5.59. The lowest BCUT2D eigenvalue weighted by molar-refractivity contribution is 0.627. The molecule has 0 amide bonds. The van der Waals surface area contributed by atoms with Gasteiger partial charge in [-0.3, -0.25) is 14.3 Å². The standard InChI is InChI=1S/C20H20FN5O/c1-25-19(27)12-18(14-5-8-22-9-6-14)24-20(25)26-10-7-17(13-26)23-16-4-2-3-15(21)11-16/h2-6,8-9,11-12,17,23H,7,10,13H2,1H3/t17-/m0/s1. The van der Waals surface area contributed by atoms with Crippen molar-refractivity contribution in [3.63, 3.8) is 0 Å². The summed E-state index contributed by atoms with van der Waals surface area (Å²) in [5.74, 6) is 0.377. The summed E-state index contributed by atoms with van der Waals surface area (Å²) in [5, 5.41) is 3.36. The second kappa shape index (κ2) is 7.19. The lowest BCUT2D eigenvalue weighted by atomic mass is 10.2. The van der Waals surface area contributed by atoms with Crippen molar-refractivity contribution < 1.29 is 4.39 Å². The van der Waals surface area contributed by atoms with Crippen LogP contribution in [0.25, 0.3) is 11.3 Å². The third-order valence-corrected chi connectivity index (χ3v) is 4.75. The average molecular weight is 365 g/mol. The van der Waals surface area contributed by atoms with E-state index in [2.05, 4.69) is 15.2 Å². The lowest BCUT2D eigenvalue weighted by Gasteiger charge is -2.21. The first kappa shape index (κ1) is 17.2. The minimum Gasteiger partial charge on any atom is -0.380 e. The Labute approximate surface area is 156 Å². The van der Waals surface area contributed by atoms with Gasteiger partial charge in [0.1, 0.15) is 5.82 Å². The molecule has 27 heavy (non-hydrogen) atoms. The molecule has 0 unspecified atom stereocenters. The molecule has 1 atom stereocenters. The van der Waals surface area contributed by atoms with Crippen LogP contribution < -0.4 is 15.8 Å². The molecule has 3 aromatic rings. The van der Waals surface area contributed by atoms with E-state index in [-0.39, 0.29) is 17.4 Å². The topological polar surface area (TPSA) is 63.1 Å². The molecule has 1 aliphatic rings. The van der Waals surface area contributed by atoms with Crippen LogP contribution in [0.3, 0.4) is 0 Å². The van der Waals surface area contributed by atoms with Gasteiger partial charge in [-0.1, -0.05) is 6.07 Å². The highest BCUT2D eigenvalue weighted by atomic mass is 19.1. The molecule has 1 saturated heterocycles. The minimum atomic E-state index is -0.260. The van der Waals surface area contributed by atoms with Crippen molar-refractivity contribution in [1.29, 1.82) is 0 Å². The second-order valence-corrected chi connectivity index (χ2v) is 6.66. The van der Waals surface area contributed by atoms with Crippen LogP contribution in [0.4, 0.5) is 16.0 Å². The first-order valence-corrected chi connectivity index (χ1v) is 8.86. The van der Waals surface area contributed by atoms with Crippen LogP contribution in [0.1, 0.15) is 6.42 Å². The molecule has 0 spiro atoms. The Morgan fingerprint density at radius 2 is 2.00 bits per heavy atom. The number of hydrogen-bond acceptors (Lipinski definition) is 5. The molecule has 7 heteroatoms. The zero-order valence-corrected chi connectivity index (χ0v) is 15.0. The van der Waals surface area contributed by atoms with Gasteiger partial charge in [0.25, 0.3) is 5.56 Å². The molecule has 138 valence electrons. The number of benzene rings is 1. The molecule has 1 fully saturated rings. The Hall–Kier alpha value is -3.22. The van der Waals surface area contributed by atoms with Gasteiger partial charge in [0.2, 0.25) is 5.95 Å². The molecule has 1 aromatic carbocycles. The smallest absolute Gasteiger partial charge is 0.255 e. The van der Waals surface area contributed by atoms with E-state index in [4.69, 9.17) is 4.98 Å². The van der Waals surface area contributed by atoms with E-state index in [9.17, 15) is 9.18 Å². The number of anilines is 2. The molecule has 0 saturated carbocycles. The van der Waals surface area contributed by atoms with E-state index in [0.29, 0.717) is 18.2 Å². The Kier molecular flexibility index (Phi) is 4.58. The predicted molar refractivity (Wildman–Crippen MR) is 103 cm³/mol. The molecule has 1 aliphatic heterocycles. The van der Waals surface area contributed by atoms with Crippen molar-refractivity contribution in [2.75, 3.05) is 23.3 Å². The predicted octanol–water partition coefficient (Wildman–Crippen LogP) is 2.67. The maximum atomic E-state index is 13.4. The largest absolute Gasteiger partial charge is 0.380 e. The van der Waals surface area contributed by atoms with Gasteiger partial charge in [0, 0.05) is 55.9 Å². The van der Waals surface area contributed by atoms with Crippen LogP contribution in [0.5, 0.6) is 0 Å². The third-order valence-electron chi connectivity index (χ3n) is 4.75. The lowest BCUT2D eigenvalue weighted by Crippen LogP contribution is -2.32. The molecular formula is C20H20FN5O. The first-order chi connectivity index (χ1) is 13.1. The summed E-state index contributed by atoms with van der Waals surface area (Å²) in [6, 6.07) is 11.8. The zero-order valence-electron chi connectivity index (χ0n) is 15.0. The molecular weight excluding hydrogens is 345 g/mol. The fourth-order valence-electron chi connectivity index (χ4n) is 3.35. The van der Waals surface area contributed by atoms with E-state index in [0.717, 1.165) is 24.2 Å². The van der Waals surface area contributed by atoms with E-state index in [1.54, 1.807) is 30.1 Å². The van der Waals surface area contributed by atoms with E-state index in [1.807, 2.05) is 18.2 Å². The first-order valence-electron chi connectivity index (χ1n) is 8.86.